The molecule has 94 valence electrons. The molecule has 0 amide bonds. The highest BCUT2D eigenvalue weighted by atomic mass is 16.5. The van der Waals surface area contributed by atoms with Crippen molar-refractivity contribution in [1.29, 1.82) is 0 Å². The molecule has 1 aromatic rings. The summed E-state index contributed by atoms with van der Waals surface area (Å²) in [7, 11) is 4.83. The number of hydrogen-bond donors (Lipinski definition) is 1. The van der Waals surface area contributed by atoms with E-state index in [1.807, 2.05) is 25.1 Å². The van der Waals surface area contributed by atoms with Crippen molar-refractivity contribution in [3.63, 3.8) is 0 Å². The maximum Gasteiger partial charge on any atom is 0.133 e. The summed E-state index contributed by atoms with van der Waals surface area (Å²) in [5, 5.41) is 0. The van der Waals surface area contributed by atoms with Gasteiger partial charge in [0.2, 0.25) is 0 Å². The van der Waals surface area contributed by atoms with E-state index in [4.69, 9.17) is 19.9 Å². The Morgan fingerprint density at radius 2 is 1.65 bits per heavy atom. The first-order valence-electron chi connectivity index (χ1n) is 5.33. The molecule has 0 heterocycles. The highest BCUT2D eigenvalue weighted by Crippen LogP contribution is 2.35. The van der Waals surface area contributed by atoms with Crippen LogP contribution in [0.2, 0.25) is 0 Å². The van der Waals surface area contributed by atoms with Gasteiger partial charge < -0.3 is 19.9 Å². The van der Waals surface area contributed by atoms with Crippen LogP contribution in [0.15, 0.2) is 17.7 Å². The summed E-state index contributed by atoms with van der Waals surface area (Å²) in [6.45, 7) is 2.46. The van der Waals surface area contributed by atoms with E-state index in [0.717, 1.165) is 11.1 Å². The molecular weight excluding hydrogens is 218 g/mol. The second-order valence-electron chi connectivity index (χ2n) is 3.64. The van der Waals surface area contributed by atoms with Crippen molar-refractivity contribution in [2.75, 3.05) is 27.9 Å². The summed E-state index contributed by atoms with van der Waals surface area (Å²) in [6.07, 6.45) is 1.96. The maximum atomic E-state index is 5.58. The summed E-state index contributed by atoms with van der Waals surface area (Å²) in [6, 6.07) is 3.64. The molecule has 2 N–H and O–H groups in total. The first-order valence-corrected chi connectivity index (χ1v) is 5.33. The van der Waals surface area contributed by atoms with E-state index in [0.29, 0.717) is 23.8 Å². The molecule has 0 aliphatic carbocycles. The largest absolute Gasteiger partial charge is 0.496 e. The van der Waals surface area contributed by atoms with E-state index < -0.39 is 0 Å². The van der Waals surface area contributed by atoms with Gasteiger partial charge in [-0.1, -0.05) is 5.57 Å². The van der Waals surface area contributed by atoms with E-state index in [9.17, 15) is 0 Å². The minimum Gasteiger partial charge on any atom is -0.496 e. The van der Waals surface area contributed by atoms with Crippen molar-refractivity contribution in [2.45, 2.75) is 6.92 Å². The summed E-state index contributed by atoms with van der Waals surface area (Å²) in [5.74, 6) is 2.10. The molecule has 0 spiro atoms. The molecule has 17 heavy (non-hydrogen) atoms. The number of hydrogen-bond acceptors (Lipinski definition) is 4. The van der Waals surface area contributed by atoms with Crippen molar-refractivity contribution in [1.82, 2.24) is 0 Å². The normalized spacial score (nSPS) is 11.2. The standard InChI is InChI=1S/C13H19NO3/c1-9(8-14)5-11-12(16-3)6-10(15-2)7-13(11)17-4/h5-7H,8,14H2,1-4H3. The highest BCUT2D eigenvalue weighted by Gasteiger charge is 2.11. The minimum absolute atomic E-state index is 0.498. The molecule has 0 saturated carbocycles. The molecule has 0 radical (unpaired) electrons. The summed E-state index contributed by atoms with van der Waals surface area (Å²) >= 11 is 0. The Balaban J connectivity index is 3.34. The first-order chi connectivity index (χ1) is 8.15. The number of ether oxygens (including phenoxy) is 3. The maximum absolute atomic E-state index is 5.58. The number of nitrogens with two attached hydrogens (primary N) is 1. The lowest BCUT2D eigenvalue weighted by molar-refractivity contribution is 0.374. The highest BCUT2D eigenvalue weighted by molar-refractivity contribution is 5.68. The van der Waals surface area contributed by atoms with Crippen LogP contribution in [0.25, 0.3) is 6.08 Å². The van der Waals surface area contributed by atoms with Gasteiger partial charge in [0.05, 0.1) is 26.9 Å². The van der Waals surface area contributed by atoms with Gasteiger partial charge in [0.15, 0.2) is 0 Å². The van der Waals surface area contributed by atoms with E-state index in [1.54, 1.807) is 21.3 Å². The monoisotopic (exact) mass is 237 g/mol. The molecule has 0 fully saturated rings. The van der Waals surface area contributed by atoms with E-state index >= 15 is 0 Å². The zero-order valence-corrected chi connectivity index (χ0v) is 10.7. The first kappa shape index (κ1) is 13.4. The van der Waals surface area contributed by atoms with Crippen LogP contribution in [-0.2, 0) is 0 Å². The molecule has 0 aromatic heterocycles. The van der Waals surface area contributed by atoms with Gasteiger partial charge in [-0.25, -0.2) is 0 Å². The second kappa shape index (κ2) is 6.15. The van der Waals surface area contributed by atoms with Gasteiger partial charge in [-0.3, -0.25) is 0 Å². The Hall–Kier alpha value is -1.68. The van der Waals surface area contributed by atoms with Gasteiger partial charge in [-0.2, -0.15) is 0 Å². The lowest BCUT2D eigenvalue weighted by atomic mass is 10.1. The van der Waals surface area contributed by atoms with Gasteiger partial charge >= 0.3 is 0 Å². The topological polar surface area (TPSA) is 53.7 Å². The Labute approximate surface area is 102 Å². The van der Waals surface area contributed by atoms with Crippen LogP contribution >= 0.6 is 0 Å². The molecule has 1 rings (SSSR count). The van der Waals surface area contributed by atoms with Gasteiger partial charge in [0.25, 0.3) is 0 Å². The van der Waals surface area contributed by atoms with Crippen molar-refractivity contribution in [3.05, 3.63) is 23.3 Å². The predicted octanol–water partition coefficient (Wildman–Crippen LogP) is 2.07. The molecule has 4 nitrogen and oxygen atoms in total. The van der Waals surface area contributed by atoms with Crippen molar-refractivity contribution >= 4 is 6.08 Å². The average Bonchev–Trinajstić information content (AvgIpc) is 2.38. The van der Waals surface area contributed by atoms with Crippen LogP contribution in [-0.4, -0.2) is 27.9 Å². The van der Waals surface area contributed by atoms with Crippen LogP contribution in [0.1, 0.15) is 12.5 Å². The second-order valence-corrected chi connectivity index (χ2v) is 3.64. The number of methoxy groups -OCH3 is 3. The molecule has 0 unspecified atom stereocenters. The van der Waals surface area contributed by atoms with E-state index in [1.165, 1.54) is 0 Å². The molecule has 0 saturated heterocycles. The third-order valence-electron chi connectivity index (χ3n) is 2.47. The molecular formula is C13H19NO3. The molecule has 0 atom stereocenters. The molecule has 0 aliphatic rings. The summed E-state index contributed by atoms with van der Waals surface area (Å²) < 4.78 is 15.8. The molecule has 0 aliphatic heterocycles. The van der Waals surface area contributed by atoms with Crippen LogP contribution in [0, 0.1) is 0 Å². The van der Waals surface area contributed by atoms with Gasteiger partial charge in [0, 0.05) is 18.7 Å². The Morgan fingerprint density at radius 1 is 1.12 bits per heavy atom. The SMILES string of the molecule is COc1cc(OC)c(C=C(C)CN)c(OC)c1. The quantitative estimate of drug-likeness (QED) is 0.851. The summed E-state index contributed by atoms with van der Waals surface area (Å²) in [4.78, 5) is 0. The Bertz CT molecular complexity index is 388. The van der Waals surface area contributed by atoms with Crippen molar-refractivity contribution in [2.24, 2.45) is 5.73 Å². The summed E-state index contributed by atoms with van der Waals surface area (Å²) in [5.41, 5.74) is 7.51. The Morgan fingerprint density at radius 3 is 2.00 bits per heavy atom. The number of rotatable bonds is 5. The zero-order valence-electron chi connectivity index (χ0n) is 10.7. The van der Waals surface area contributed by atoms with E-state index in [-0.39, 0.29) is 0 Å². The number of benzene rings is 1. The molecule has 0 bridgehead atoms. The fraction of sp³-hybridized carbons (Fsp3) is 0.385. The van der Waals surface area contributed by atoms with Gasteiger partial charge in [-0.15, -0.1) is 0 Å². The van der Waals surface area contributed by atoms with Crippen molar-refractivity contribution < 1.29 is 14.2 Å². The molecule has 1 aromatic carbocycles. The van der Waals surface area contributed by atoms with Crippen LogP contribution in [0.3, 0.4) is 0 Å². The smallest absolute Gasteiger partial charge is 0.133 e. The van der Waals surface area contributed by atoms with Crippen LogP contribution < -0.4 is 19.9 Å². The Kier molecular flexibility index (Phi) is 4.84. The van der Waals surface area contributed by atoms with Crippen molar-refractivity contribution in [3.8, 4) is 17.2 Å². The van der Waals surface area contributed by atoms with Crippen LogP contribution in [0.5, 0.6) is 17.2 Å². The van der Waals surface area contributed by atoms with E-state index in [2.05, 4.69) is 0 Å². The third kappa shape index (κ3) is 3.14. The predicted molar refractivity (Wildman–Crippen MR) is 68.8 cm³/mol. The zero-order chi connectivity index (χ0) is 12.8. The van der Waals surface area contributed by atoms with Crippen LogP contribution in [0.4, 0.5) is 0 Å². The fourth-order valence-electron chi connectivity index (χ4n) is 1.48. The third-order valence-corrected chi connectivity index (χ3v) is 2.47. The van der Waals surface area contributed by atoms with Gasteiger partial charge in [0.1, 0.15) is 17.2 Å². The average molecular weight is 237 g/mol. The fourth-order valence-corrected chi connectivity index (χ4v) is 1.48. The lowest BCUT2D eigenvalue weighted by Gasteiger charge is -2.13. The van der Waals surface area contributed by atoms with Gasteiger partial charge in [-0.05, 0) is 13.0 Å². The molecule has 4 heteroatoms. The lowest BCUT2D eigenvalue weighted by Crippen LogP contribution is -2.01. The minimum atomic E-state index is 0.498.